The molecule has 1 saturated heterocycles. The fourth-order valence-corrected chi connectivity index (χ4v) is 5.98. The first-order chi connectivity index (χ1) is 20.6. The number of halogens is 3. The van der Waals surface area contributed by atoms with Crippen LogP contribution in [0.3, 0.4) is 0 Å². The number of benzene rings is 2. The van der Waals surface area contributed by atoms with Crippen LogP contribution in [-0.4, -0.2) is 44.8 Å². The minimum absolute atomic E-state index is 0.0385. The SMILES string of the molecule is Cc1cc(Nc2ccc(CN(C(=O)C=Cc3ccc(C(F)(F)F)cc3)C3CCN(Cc4nc(C)cs4)CC3)cc2)ccn1. The fourth-order valence-electron chi connectivity index (χ4n) is 5.17. The highest BCUT2D eigenvalue weighted by molar-refractivity contribution is 7.09. The molecule has 1 amide bonds. The van der Waals surface area contributed by atoms with E-state index < -0.39 is 11.7 Å². The smallest absolute Gasteiger partial charge is 0.355 e. The minimum Gasteiger partial charge on any atom is -0.355 e. The molecule has 6 nitrogen and oxygen atoms in total. The Labute approximate surface area is 253 Å². The van der Waals surface area contributed by atoms with Crippen molar-refractivity contribution >= 4 is 34.7 Å². The topological polar surface area (TPSA) is 61.4 Å². The third-order valence-corrected chi connectivity index (χ3v) is 8.41. The zero-order valence-electron chi connectivity index (χ0n) is 24.1. The fraction of sp³-hybridized carbons (Fsp3) is 0.303. The summed E-state index contributed by atoms with van der Waals surface area (Å²) in [4.78, 5) is 26.7. The molecular formula is C33H34F3N5OS. The van der Waals surface area contributed by atoms with Gasteiger partial charge in [-0.1, -0.05) is 24.3 Å². The summed E-state index contributed by atoms with van der Waals surface area (Å²) in [5.74, 6) is -0.164. The Morgan fingerprint density at radius 1 is 1.02 bits per heavy atom. The Balaban J connectivity index is 1.28. The predicted molar refractivity (Wildman–Crippen MR) is 165 cm³/mol. The van der Waals surface area contributed by atoms with Crippen LogP contribution < -0.4 is 5.32 Å². The molecule has 224 valence electrons. The molecule has 4 aromatic rings. The predicted octanol–water partition coefficient (Wildman–Crippen LogP) is 7.62. The molecular weight excluding hydrogens is 571 g/mol. The van der Waals surface area contributed by atoms with Crippen LogP contribution in [-0.2, 0) is 24.1 Å². The van der Waals surface area contributed by atoms with Crippen molar-refractivity contribution in [3.63, 3.8) is 0 Å². The molecule has 1 fully saturated rings. The number of carbonyl (C=O) groups excluding carboxylic acids is 1. The molecule has 0 aliphatic carbocycles. The lowest BCUT2D eigenvalue weighted by molar-refractivity contribution is -0.137. The average molecular weight is 606 g/mol. The largest absolute Gasteiger partial charge is 0.416 e. The summed E-state index contributed by atoms with van der Waals surface area (Å²) in [7, 11) is 0. The van der Waals surface area contributed by atoms with Gasteiger partial charge in [-0.25, -0.2) is 4.98 Å². The molecule has 0 saturated carbocycles. The first kappa shape index (κ1) is 30.4. The van der Waals surface area contributed by atoms with Gasteiger partial charge in [0.25, 0.3) is 0 Å². The van der Waals surface area contributed by atoms with E-state index in [1.807, 2.05) is 55.1 Å². The van der Waals surface area contributed by atoms with Crippen LogP contribution in [0.4, 0.5) is 24.5 Å². The lowest BCUT2D eigenvalue weighted by Gasteiger charge is -2.38. The summed E-state index contributed by atoms with van der Waals surface area (Å²) in [5.41, 5.74) is 4.65. The summed E-state index contributed by atoms with van der Waals surface area (Å²) < 4.78 is 38.9. The number of hydrogen-bond donors (Lipinski definition) is 1. The first-order valence-corrected chi connectivity index (χ1v) is 15.1. The van der Waals surface area contributed by atoms with Gasteiger partial charge in [0.05, 0.1) is 12.1 Å². The van der Waals surface area contributed by atoms with Gasteiger partial charge in [-0.15, -0.1) is 11.3 Å². The minimum atomic E-state index is -4.40. The van der Waals surface area contributed by atoms with E-state index in [2.05, 4.69) is 25.6 Å². The third-order valence-electron chi connectivity index (χ3n) is 7.45. The molecule has 3 heterocycles. The standard InChI is InChI=1S/C33H34F3N5OS/c1-23-19-29(13-16-37-23)39-28-10-5-26(6-11-28)20-41(30-14-17-40(18-15-30)21-31-38-24(2)22-43-31)32(42)12-7-25-3-8-27(9-4-25)33(34,35)36/h3-13,16,19,22,30H,14-15,17-18,20-21H2,1-2H3,(H,37,39). The lowest BCUT2D eigenvalue weighted by atomic mass is 10.0. The van der Waals surface area contributed by atoms with E-state index in [1.165, 1.54) is 18.2 Å². The molecule has 5 rings (SSSR count). The molecule has 1 N–H and O–H groups in total. The van der Waals surface area contributed by atoms with Crippen molar-refractivity contribution in [2.24, 2.45) is 0 Å². The molecule has 0 atom stereocenters. The zero-order valence-corrected chi connectivity index (χ0v) is 25.0. The van der Waals surface area contributed by atoms with Crippen LogP contribution in [0.25, 0.3) is 6.08 Å². The van der Waals surface area contributed by atoms with Gasteiger partial charge in [-0.3, -0.25) is 14.7 Å². The maximum absolute atomic E-state index is 13.6. The molecule has 0 radical (unpaired) electrons. The normalized spacial score (nSPS) is 14.7. The van der Waals surface area contributed by atoms with E-state index in [0.29, 0.717) is 12.1 Å². The van der Waals surface area contributed by atoms with Gasteiger partial charge >= 0.3 is 6.18 Å². The molecule has 10 heteroatoms. The van der Waals surface area contributed by atoms with E-state index in [-0.39, 0.29) is 11.9 Å². The number of aromatic nitrogens is 2. The summed E-state index contributed by atoms with van der Waals surface area (Å²) in [5, 5.41) is 6.53. The number of piperidine rings is 1. The van der Waals surface area contributed by atoms with Crippen LogP contribution >= 0.6 is 11.3 Å². The van der Waals surface area contributed by atoms with Crippen molar-refractivity contribution in [3.05, 3.63) is 111 Å². The number of nitrogens with zero attached hydrogens (tertiary/aromatic N) is 4. The molecule has 1 aliphatic heterocycles. The lowest BCUT2D eigenvalue weighted by Crippen LogP contribution is -2.46. The molecule has 0 bridgehead atoms. The molecule has 43 heavy (non-hydrogen) atoms. The second-order valence-electron chi connectivity index (χ2n) is 10.8. The van der Waals surface area contributed by atoms with Crippen molar-refractivity contribution < 1.29 is 18.0 Å². The van der Waals surface area contributed by atoms with Gasteiger partial charge in [0.15, 0.2) is 0 Å². The summed E-state index contributed by atoms with van der Waals surface area (Å²) >= 11 is 1.67. The van der Waals surface area contributed by atoms with Gasteiger partial charge in [-0.05, 0) is 80.3 Å². The number of alkyl halides is 3. The van der Waals surface area contributed by atoms with E-state index >= 15 is 0 Å². The van der Waals surface area contributed by atoms with Crippen LogP contribution in [0, 0.1) is 13.8 Å². The zero-order chi connectivity index (χ0) is 30.4. The van der Waals surface area contributed by atoms with Crippen LogP contribution in [0.1, 0.15) is 45.9 Å². The molecule has 1 aliphatic rings. The van der Waals surface area contributed by atoms with Crippen molar-refractivity contribution in [1.82, 2.24) is 19.8 Å². The number of carbonyl (C=O) groups is 1. The molecule has 0 unspecified atom stereocenters. The van der Waals surface area contributed by atoms with Gasteiger partial charge < -0.3 is 10.2 Å². The Kier molecular flexibility index (Phi) is 9.57. The van der Waals surface area contributed by atoms with E-state index in [1.54, 1.807) is 23.6 Å². The number of anilines is 2. The number of likely N-dealkylation sites (tertiary alicyclic amines) is 1. The number of pyridine rings is 1. The Hall–Kier alpha value is -4.02. The van der Waals surface area contributed by atoms with Crippen molar-refractivity contribution in [2.75, 3.05) is 18.4 Å². The van der Waals surface area contributed by atoms with Crippen LogP contribution in [0.5, 0.6) is 0 Å². The highest BCUT2D eigenvalue weighted by Gasteiger charge is 2.30. The summed E-state index contributed by atoms with van der Waals surface area (Å²) in [6.07, 6.45) is 2.06. The van der Waals surface area contributed by atoms with Crippen molar-refractivity contribution in [1.29, 1.82) is 0 Å². The third kappa shape index (κ3) is 8.52. The van der Waals surface area contributed by atoms with Gasteiger partial charge in [0, 0.05) is 66.1 Å². The molecule has 0 spiro atoms. The Bertz CT molecular complexity index is 1540. The van der Waals surface area contributed by atoms with Gasteiger partial charge in [0.1, 0.15) is 5.01 Å². The van der Waals surface area contributed by atoms with Crippen molar-refractivity contribution in [3.8, 4) is 0 Å². The van der Waals surface area contributed by atoms with Crippen LogP contribution in [0.15, 0.2) is 78.3 Å². The Morgan fingerprint density at radius 2 is 1.74 bits per heavy atom. The number of aryl methyl sites for hydroxylation is 2. The summed E-state index contributed by atoms with van der Waals surface area (Å²) in [6, 6.07) is 16.7. The quantitative estimate of drug-likeness (QED) is 0.199. The highest BCUT2D eigenvalue weighted by Crippen LogP contribution is 2.29. The molecule has 2 aromatic carbocycles. The number of thiazole rings is 1. The van der Waals surface area contributed by atoms with Crippen LogP contribution in [0.2, 0.25) is 0 Å². The Morgan fingerprint density at radius 3 is 2.37 bits per heavy atom. The second-order valence-corrected chi connectivity index (χ2v) is 11.8. The monoisotopic (exact) mass is 605 g/mol. The first-order valence-electron chi connectivity index (χ1n) is 14.2. The highest BCUT2D eigenvalue weighted by atomic mass is 32.1. The summed E-state index contributed by atoms with van der Waals surface area (Å²) in [6.45, 7) is 6.88. The van der Waals surface area contributed by atoms with Crippen molar-refractivity contribution in [2.45, 2.75) is 52.0 Å². The van der Waals surface area contributed by atoms with E-state index in [9.17, 15) is 18.0 Å². The molecule has 2 aromatic heterocycles. The number of nitrogens with one attached hydrogen (secondary N) is 1. The van der Waals surface area contributed by atoms with E-state index in [4.69, 9.17) is 0 Å². The number of rotatable bonds is 9. The average Bonchev–Trinajstić information content (AvgIpc) is 3.40. The second kappa shape index (κ2) is 13.5. The maximum atomic E-state index is 13.6. The van der Waals surface area contributed by atoms with E-state index in [0.717, 1.165) is 77.9 Å². The van der Waals surface area contributed by atoms with Gasteiger partial charge in [-0.2, -0.15) is 13.2 Å². The maximum Gasteiger partial charge on any atom is 0.416 e. The number of amides is 1. The number of hydrogen-bond acceptors (Lipinski definition) is 6. The van der Waals surface area contributed by atoms with Gasteiger partial charge in [0.2, 0.25) is 5.91 Å².